The van der Waals surface area contributed by atoms with Crippen LogP contribution in [0.1, 0.15) is 17.4 Å². The molecule has 0 saturated carbocycles. The van der Waals surface area contributed by atoms with E-state index in [1.165, 1.54) is 11.3 Å². The molecule has 0 atom stereocenters. The molecule has 0 aliphatic heterocycles. The minimum atomic E-state index is -0.371. The number of fused-ring (bicyclic) bond motifs is 1. The molecular formula is C13H12ClN5OS. The predicted octanol–water partition coefficient (Wildman–Crippen LogP) is 3.00. The van der Waals surface area contributed by atoms with Crippen LogP contribution in [0, 0.1) is 0 Å². The predicted molar refractivity (Wildman–Crippen MR) is 84.9 cm³/mol. The van der Waals surface area contributed by atoms with Crippen molar-refractivity contribution < 1.29 is 4.79 Å². The highest BCUT2D eigenvalue weighted by atomic mass is 35.5. The Kier molecular flexibility index (Phi) is 3.52. The molecule has 0 aliphatic rings. The Morgan fingerprint density at radius 2 is 2.33 bits per heavy atom. The summed E-state index contributed by atoms with van der Waals surface area (Å²) in [5.41, 5.74) is 7.12. The fourth-order valence-corrected chi connectivity index (χ4v) is 3.02. The van der Waals surface area contributed by atoms with Crippen LogP contribution in [0.3, 0.4) is 0 Å². The van der Waals surface area contributed by atoms with Gasteiger partial charge in [-0.1, -0.05) is 22.9 Å². The number of benzene rings is 1. The summed E-state index contributed by atoms with van der Waals surface area (Å²) in [5.74, 6) is -0.371. The van der Waals surface area contributed by atoms with Gasteiger partial charge in [0.2, 0.25) is 0 Å². The number of halogens is 1. The summed E-state index contributed by atoms with van der Waals surface area (Å²) in [5, 5.41) is 7.97. The highest BCUT2D eigenvalue weighted by Crippen LogP contribution is 2.28. The van der Waals surface area contributed by atoms with E-state index in [2.05, 4.69) is 15.4 Å². The van der Waals surface area contributed by atoms with Crippen molar-refractivity contribution in [2.24, 2.45) is 0 Å². The molecule has 0 fully saturated rings. The molecule has 21 heavy (non-hydrogen) atoms. The van der Waals surface area contributed by atoms with Gasteiger partial charge in [0.1, 0.15) is 0 Å². The lowest BCUT2D eigenvalue weighted by atomic mass is 10.3. The number of hydrogen-bond acceptors (Lipinski definition) is 5. The molecule has 0 bridgehead atoms. The molecule has 3 rings (SSSR count). The third-order valence-corrected chi connectivity index (χ3v) is 4.07. The summed E-state index contributed by atoms with van der Waals surface area (Å²) < 4.78 is 2.52. The maximum atomic E-state index is 12.2. The molecule has 3 N–H and O–H groups in total. The van der Waals surface area contributed by atoms with E-state index in [9.17, 15) is 4.79 Å². The van der Waals surface area contributed by atoms with Crippen LogP contribution in [-0.2, 0) is 6.54 Å². The van der Waals surface area contributed by atoms with Gasteiger partial charge in [-0.3, -0.25) is 14.8 Å². The normalized spacial score (nSPS) is 11.0. The van der Waals surface area contributed by atoms with Gasteiger partial charge in [0.25, 0.3) is 5.91 Å². The number of carbonyl (C=O) groups excluding carboxylic acids is 1. The van der Waals surface area contributed by atoms with Gasteiger partial charge in [-0.05, 0) is 25.1 Å². The molecule has 6 nitrogen and oxygen atoms in total. The Morgan fingerprint density at radius 1 is 1.52 bits per heavy atom. The summed E-state index contributed by atoms with van der Waals surface area (Å²) in [6.45, 7) is 2.57. The van der Waals surface area contributed by atoms with Gasteiger partial charge < -0.3 is 5.73 Å². The first-order valence-electron chi connectivity index (χ1n) is 6.27. The van der Waals surface area contributed by atoms with E-state index in [4.69, 9.17) is 17.3 Å². The number of nitrogens with two attached hydrogens (primary N) is 1. The molecule has 108 valence electrons. The van der Waals surface area contributed by atoms with Gasteiger partial charge in [0.15, 0.2) is 10.8 Å². The third-order valence-electron chi connectivity index (χ3n) is 2.90. The summed E-state index contributed by atoms with van der Waals surface area (Å²) in [6.07, 6.45) is 1.63. The van der Waals surface area contributed by atoms with Crippen molar-refractivity contribution >= 4 is 49.9 Å². The molecule has 0 saturated heterocycles. The largest absolute Gasteiger partial charge is 0.396 e. The Morgan fingerprint density at radius 3 is 3.05 bits per heavy atom. The fourth-order valence-electron chi connectivity index (χ4n) is 1.88. The lowest BCUT2D eigenvalue weighted by molar-refractivity contribution is 0.102. The molecule has 1 amide bonds. The topological polar surface area (TPSA) is 85.8 Å². The molecule has 0 spiro atoms. The summed E-state index contributed by atoms with van der Waals surface area (Å²) in [6, 6.07) is 5.38. The molecule has 3 aromatic rings. The van der Waals surface area contributed by atoms with Crippen LogP contribution in [-0.4, -0.2) is 20.7 Å². The van der Waals surface area contributed by atoms with Crippen molar-refractivity contribution in [3.05, 3.63) is 35.1 Å². The average Bonchev–Trinajstić information content (AvgIpc) is 3.00. The quantitative estimate of drug-likeness (QED) is 0.776. The van der Waals surface area contributed by atoms with Crippen LogP contribution in [0.4, 0.5) is 10.8 Å². The summed E-state index contributed by atoms with van der Waals surface area (Å²) >= 11 is 7.28. The number of aryl methyl sites for hydroxylation is 1. The highest BCUT2D eigenvalue weighted by molar-refractivity contribution is 7.22. The van der Waals surface area contributed by atoms with Gasteiger partial charge in [-0.25, -0.2) is 4.98 Å². The number of aromatic nitrogens is 3. The van der Waals surface area contributed by atoms with Gasteiger partial charge in [0, 0.05) is 17.8 Å². The van der Waals surface area contributed by atoms with E-state index < -0.39 is 0 Å². The number of hydrogen-bond donors (Lipinski definition) is 2. The van der Waals surface area contributed by atoms with E-state index in [0.29, 0.717) is 22.4 Å². The highest BCUT2D eigenvalue weighted by Gasteiger charge is 2.16. The Labute approximate surface area is 129 Å². The molecule has 0 radical (unpaired) electrons. The van der Waals surface area contributed by atoms with Gasteiger partial charge in [-0.15, -0.1) is 0 Å². The second-order valence-corrected chi connectivity index (χ2v) is 5.84. The Hall–Kier alpha value is -2.12. The number of nitrogen functional groups attached to an aromatic ring is 1. The average molecular weight is 322 g/mol. The monoisotopic (exact) mass is 321 g/mol. The van der Waals surface area contributed by atoms with Crippen molar-refractivity contribution in [2.75, 3.05) is 11.1 Å². The van der Waals surface area contributed by atoms with Crippen molar-refractivity contribution in [2.45, 2.75) is 13.5 Å². The van der Waals surface area contributed by atoms with Crippen LogP contribution in [0.25, 0.3) is 10.2 Å². The molecule has 0 unspecified atom stereocenters. The maximum absolute atomic E-state index is 12.2. The van der Waals surface area contributed by atoms with Crippen LogP contribution in [0.2, 0.25) is 5.02 Å². The van der Waals surface area contributed by atoms with E-state index in [1.807, 2.05) is 19.1 Å². The molecule has 0 aliphatic carbocycles. The molecule has 8 heteroatoms. The van der Waals surface area contributed by atoms with E-state index in [1.54, 1.807) is 16.9 Å². The van der Waals surface area contributed by atoms with E-state index in [-0.39, 0.29) is 11.6 Å². The van der Waals surface area contributed by atoms with Crippen molar-refractivity contribution in [3.8, 4) is 0 Å². The number of amides is 1. The zero-order valence-electron chi connectivity index (χ0n) is 11.1. The lowest BCUT2D eigenvalue weighted by Crippen LogP contribution is -2.14. The first-order valence-corrected chi connectivity index (χ1v) is 7.46. The van der Waals surface area contributed by atoms with E-state index >= 15 is 0 Å². The standard InChI is InChI=1S/C13H12ClN5OS/c1-2-19-6-8(15)11(18-19)12(20)17-13-16-9-4-3-7(14)5-10(9)21-13/h3-6H,2,15H2,1H3,(H,16,17,20). The SMILES string of the molecule is CCn1cc(N)c(C(=O)Nc2nc3ccc(Cl)cc3s2)n1. The van der Waals surface area contributed by atoms with Crippen LogP contribution < -0.4 is 11.1 Å². The first kappa shape index (κ1) is 13.8. The summed E-state index contributed by atoms with van der Waals surface area (Å²) in [4.78, 5) is 16.5. The summed E-state index contributed by atoms with van der Waals surface area (Å²) in [7, 11) is 0. The van der Waals surface area contributed by atoms with Crippen molar-refractivity contribution in [3.63, 3.8) is 0 Å². The lowest BCUT2D eigenvalue weighted by Gasteiger charge is -1.98. The van der Waals surface area contributed by atoms with Gasteiger partial charge >= 0.3 is 0 Å². The number of nitrogens with one attached hydrogen (secondary N) is 1. The minimum Gasteiger partial charge on any atom is -0.396 e. The number of carbonyl (C=O) groups is 1. The zero-order valence-corrected chi connectivity index (χ0v) is 12.7. The molecular weight excluding hydrogens is 310 g/mol. The smallest absolute Gasteiger partial charge is 0.280 e. The molecule has 2 aromatic heterocycles. The third kappa shape index (κ3) is 2.70. The molecule has 1 aromatic carbocycles. The minimum absolute atomic E-state index is 0.203. The Bertz CT molecular complexity index is 825. The van der Waals surface area contributed by atoms with Gasteiger partial charge in [-0.2, -0.15) is 5.10 Å². The molecule has 2 heterocycles. The first-order chi connectivity index (χ1) is 10.1. The fraction of sp³-hybridized carbons (Fsp3) is 0.154. The second kappa shape index (κ2) is 5.34. The number of nitrogens with zero attached hydrogens (tertiary/aromatic N) is 3. The van der Waals surface area contributed by atoms with Crippen molar-refractivity contribution in [1.29, 1.82) is 0 Å². The van der Waals surface area contributed by atoms with Crippen molar-refractivity contribution in [1.82, 2.24) is 14.8 Å². The number of anilines is 2. The van der Waals surface area contributed by atoms with E-state index in [0.717, 1.165) is 10.2 Å². The Balaban J connectivity index is 1.87. The van der Waals surface area contributed by atoms with Crippen LogP contribution in [0.15, 0.2) is 24.4 Å². The second-order valence-electron chi connectivity index (χ2n) is 4.37. The van der Waals surface area contributed by atoms with Gasteiger partial charge in [0.05, 0.1) is 15.9 Å². The van der Waals surface area contributed by atoms with Crippen LogP contribution in [0.5, 0.6) is 0 Å². The van der Waals surface area contributed by atoms with Crippen LogP contribution >= 0.6 is 22.9 Å². The maximum Gasteiger partial charge on any atom is 0.280 e. The zero-order chi connectivity index (χ0) is 15.0. The number of rotatable bonds is 3. The number of thiazole rings is 1.